The van der Waals surface area contributed by atoms with Crippen LogP contribution in [-0.2, 0) is 0 Å². The van der Waals surface area contributed by atoms with Crippen LogP contribution >= 0.6 is 0 Å². The summed E-state index contributed by atoms with van der Waals surface area (Å²) in [5, 5.41) is 0. The van der Waals surface area contributed by atoms with E-state index in [-0.39, 0.29) is 5.60 Å². The number of nitrogens with two attached hydrogens (primary N) is 1. The van der Waals surface area contributed by atoms with Gasteiger partial charge in [-0.3, -0.25) is 0 Å². The molecule has 0 fully saturated rings. The van der Waals surface area contributed by atoms with Gasteiger partial charge >= 0.3 is 0 Å². The SMILES string of the molecule is Cc1cc(OC(C)(C)C)c(C(C)C)cc1N. The van der Waals surface area contributed by atoms with Crippen LogP contribution in [0.15, 0.2) is 12.1 Å². The van der Waals surface area contributed by atoms with E-state index < -0.39 is 0 Å². The van der Waals surface area contributed by atoms with Gasteiger partial charge in [0.1, 0.15) is 11.4 Å². The summed E-state index contributed by atoms with van der Waals surface area (Å²) in [5.74, 6) is 1.37. The van der Waals surface area contributed by atoms with Gasteiger partial charge in [-0.05, 0) is 56.9 Å². The molecule has 16 heavy (non-hydrogen) atoms. The van der Waals surface area contributed by atoms with Crippen molar-refractivity contribution in [2.75, 3.05) is 5.73 Å². The third-order valence-electron chi connectivity index (χ3n) is 2.44. The van der Waals surface area contributed by atoms with Crippen molar-refractivity contribution in [3.8, 4) is 5.75 Å². The molecular weight excluding hydrogens is 198 g/mol. The van der Waals surface area contributed by atoms with Gasteiger partial charge in [0.2, 0.25) is 0 Å². The molecule has 2 nitrogen and oxygen atoms in total. The van der Waals surface area contributed by atoms with Crippen molar-refractivity contribution in [1.82, 2.24) is 0 Å². The average Bonchev–Trinajstić information content (AvgIpc) is 2.07. The number of ether oxygens (including phenoxy) is 1. The molecule has 1 rings (SSSR count). The van der Waals surface area contributed by atoms with E-state index in [2.05, 4.69) is 34.6 Å². The van der Waals surface area contributed by atoms with Crippen molar-refractivity contribution < 1.29 is 4.74 Å². The Bertz CT molecular complexity index is 375. The molecule has 90 valence electrons. The van der Waals surface area contributed by atoms with Gasteiger partial charge in [-0.25, -0.2) is 0 Å². The second-order valence-corrected chi connectivity index (χ2v) is 5.62. The van der Waals surface area contributed by atoms with Crippen LogP contribution in [0.25, 0.3) is 0 Å². The first-order chi connectivity index (χ1) is 7.20. The lowest BCUT2D eigenvalue weighted by Gasteiger charge is -2.25. The molecular formula is C14H23NO. The van der Waals surface area contributed by atoms with Crippen LogP contribution in [0.1, 0.15) is 51.7 Å². The highest BCUT2D eigenvalue weighted by atomic mass is 16.5. The zero-order valence-electron chi connectivity index (χ0n) is 11.2. The van der Waals surface area contributed by atoms with Crippen LogP contribution in [0.2, 0.25) is 0 Å². The van der Waals surface area contributed by atoms with Crippen LogP contribution < -0.4 is 10.5 Å². The summed E-state index contributed by atoms with van der Waals surface area (Å²) in [4.78, 5) is 0. The zero-order valence-corrected chi connectivity index (χ0v) is 11.2. The van der Waals surface area contributed by atoms with Crippen molar-refractivity contribution in [3.63, 3.8) is 0 Å². The first kappa shape index (κ1) is 12.9. The van der Waals surface area contributed by atoms with E-state index in [1.807, 2.05) is 19.1 Å². The van der Waals surface area contributed by atoms with Gasteiger partial charge in [0.05, 0.1) is 0 Å². The van der Waals surface area contributed by atoms with Crippen LogP contribution in [-0.4, -0.2) is 5.60 Å². The Kier molecular flexibility index (Phi) is 3.51. The van der Waals surface area contributed by atoms with E-state index in [9.17, 15) is 0 Å². The molecule has 0 heterocycles. The second-order valence-electron chi connectivity index (χ2n) is 5.62. The quantitative estimate of drug-likeness (QED) is 0.769. The maximum absolute atomic E-state index is 5.97. The van der Waals surface area contributed by atoms with Crippen LogP contribution in [0, 0.1) is 6.92 Å². The Labute approximate surface area is 98.8 Å². The molecule has 0 aromatic heterocycles. The topological polar surface area (TPSA) is 35.2 Å². The molecule has 0 saturated heterocycles. The van der Waals surface area contributed by atoms with Gasteiger partial charge in [0.15, 0.2) is 0 Å². The third-order valence-corrected chi connectivity index (χ3v) is 2.44. The van der Waals surface area contributed by atoms with Crippen LogP contribution in [0.3, 0.4) is 0 Å². The average molecular weight is 221 g/mol. The molecule has 0 amide bonds. The largest absolute Gasteiger partial charge is 0.488 e. The standard InChI is InChI=1S/C14H23NO/c1-9(2)11-8-12(15)10(3)7-13(11)16-14(4,5)6/h7-9H,15H2,1-6H3. The molecule has 0 aliphatic rings. The highest BCUT2D eigenvalue weighted by Crippen LogP contribution is 2.32. The highest BCUT2D eigenvalue weighted by Gasteiger charge is 2.17. The molecule has 0 aliphatic heterocycles. The summed E-state index contributed by atoms with van der Waals surface area (Å²) in [6.45, 7) is 12.5. The van der Waals surface area contributed by atoms with Gasteiger partial charge < -0.3 is 10.5 Å². The molecule has 1 aromatic carbocycles. The maximum atomic E-state index is 5.97. The monoisotopic (exact) mass is 221 g/mol. The Morgan fingerprint density at radius 1 is 1.19 bits per heavy atom. The minimum absolute atomic E-state index is 0.174. The minimum Gasteiger partial charge on any atom is -0.488 e. The smallest absolute Gasteiger partial charge is 0.123 e. The molecule has 0 radical (unpaired) electrons. The summed E-state index contributed by atoms with van der Waals surface area (Å²) >= 11 is 0. The molecule has 0 atom stereocenters. The number of nitrogen functional groups attached to an aromatic ring is 1. The van der Waals surface area contributed by atoms with E-state index >= 15 is 0 Å². The molecule has 1 aromatic rings. The Morgan fingerprint density at radius 2 is 1.75 bits per heavy atom. The van der Waals surface area contributed by atoms with E-state index in [1.165, 1.54) is 5.56 Å². The van der Waals surface area contributed by atoms with Crippen molar-refractivity contribution in [3.05, 3.63) is 23.3 Å². The lowest BCUT2D eigenvalue weighted by atomic mass is 9.99. The van der Waals surface area contributed by atoms with Crippen molar-refractivity contribution in [1.29, 1.82) is 0 Å². The van der Waals surface area contributed by atoms with Crippen molar-refractivity contribution in [2.45, 2.75) is 53.1 Å². The van der Waals surface area contributed by atoms with E-state index in [0.29, 0.717) is 5.92 Å². The zero-order chi connectivity index (χ0) is 12.5. The number of hydrogen-bond acceptors (Lipinski definition) is 2. The van der Waals surface area contributed by atoms with Crippen LogP contribution in [0.4, 0.5) is 5.69 Å². The van der Waals surface area contributed by atoms with Gasteiger partial charge in [0, 0.05) is 5.69 Å². The van der Waals surface area contributed by atoms with Crippen molar-refractivity contribution >= 4 is 5.69 Å². The summed E-state index contributed by atoms with van der Waals surface area (Å²) in [7, 11) is 0. The maximum Gasteiger partial charge on any atom is 0.123 e. The van der Waals surface area contributed by atoms with Gasteiger partial charge in [0.25, 0.3) is 0 Å². The normalized spacial score (nSPS) is 11.9. The molecule has 0 saturated carbocycles. The fraction of sp³-hybridized carbons (Fsp3) is 0.571. The highest BCUT2D eigenvalue weighted by molar-refractivity contribution is 5.55. The van der Waals surface area contributed by atoms with Crippen molar-refractivity contribution in [2.24, 2.45) is 0 Å². The van der Waals surface area contributed by atoms with E-state index in [1.54, 1.807) is 0 Å². The lowest BCUT2D eigenvalue weighted by Crippen LogP contribution is -2.24. The summed E-state index contributed by atoms with van der Waals surface area (Å²) in [6, 6.07) is 4.07. The van der Waals surface area contributed by atoms with E-state index in [0.717, 1.165) is 17.0 Å². The van der Waals surface area contributed by atoms with Gasteiger partial charge in [-0.2, -0.15) is 0 Å². The number of anilines is 1. The minimum atomic E-state index is -0.174. The molecule has 0 unspecified atom stereocenters. The second kappa shape index (κ2) is 4.36. The third kappa shape index (κ3) is 3.16. The number of rotatable bonds is 2. The predicted molar refractivity (Wildman–Crippen MR) is 70.1 cm³/mol. The molecule has 2 heteroatoms. The van der Waals surface area contributed by atoms with Gasteiger partial charge in [-0.15, -0.1) is 0 Å². The number of hydrogen-bond donors (Lipinski definition) is 1. The first-order valence-electron chi connectivity index (χ1n) is 5.79. The Hall–Kier alpha value is -1.18. The molecule has 0 aliphatic carbocycles. The fourth-order valence-electron chi connectivity index (χ4n) is 1.59. The lowest BCUT2D eigenvalue weighted by molar-refractivity contribution is 0.129. The molecule has 0 spiro atoms. The summed E-state index contributed by atoms with van der Waals surface area (Å²) < 4.78 is 5.97. The van der Waals surface area contributed by atoms with Gasteiger partial charge in [-0.1, -0.05) is 13.8 Å². The number of benzene rings is 1. The summed E-state index contributed by atoms with van der Waals surface area (Å²) in [5.41, 5.74) is 8.85. The van der Waals surface area contributed by atoms with E-state index in [4.69, 9.17) is 10.5 Å². The predicted octanol–water partition coefficient (Wildman–Crippen LogP) is 3.88. The molecule has 0 bridgehead atoms. The first-order valence-corrected chi connectivity index (χ1v) is 5.79. The summed E-state index contributed by atoms with van der Waals surface area (Å²) in [6.07, 6.45) is 0. The number of aryl methyl sites for hydroxylation is 1. The molecule has 2 N–H and O–H groups in total. The Balaban J connectivity index is 3.20. The van der Waals surface area contributed by atoms with Crippen LogP contribution in [0.5, 0.6) is 5.75 Å². The Morgan fingerprint density at radius 3 is 2.19 bits per heavy atom. The fourth-order valence-corrected chi connectivity index (χ4v) is 1.59.